The molecule has 120 valence electrons. The molecule has 1 amide bonds. The van der Waals surface area contributed by atoms with E-state index in [0.29, 0.717) is 18.0 Å². The molecule has 0 heterocycles. The Morgan fingerprint density at radius 3 is 2.73 bits per heavy atom. The SMILES string of the molecule is CCN(/N=C/c1ccc(OC)c(OC2CCCC2)c1)C(=O)O. The van der Waals surface area contributed by atoms with Crippen LogP contribution in [0.25, 0.3) is 0 Å². The molecule has 1 fully saturated rings. The Hall–Kier alpha value is -2.24. The highest BCUT2D eigenvalue weighted by Crippen LogP contribution is 2.32. The summed E-state index contributed by atoms with van der Waals surface area (Å²) in [5, 5.41) is 13.9. The van der Waals surface area contributed by atoms with Crippen molar-refractivity contribution < 1.29 is 19.4 Å². The summed E-state index contributed by atoms with van der Waals surface area (Å²) in [5.74, 6) is 1.35. The van der Waals surface area contributed by atoms with Crippen molar-refractivity contribution in [1.82, 2.24) is 5.01 Å². The number of hydrogen-bond acceptors (Lipinski definition) is 4. The number of ether oxygens (including phenoxy) is 2. The molecule has 0 unspecified atom stereocenters. The summed E-state index contributed by atoms with van der Waals surface area (Å²) in [6.45, 7) is 2.03. The summed E-state index contributed by atoms with van der Waals surface area (Å²) in [4.78, 5) is 10.9. The number of carbonyl (C=O) groups is 1. The van der Waals surface area contributed by atoms with E-state index in [9.17, 15) is 4.79 Å². The molecule has 6 heteroatoms. The molecular formula is C16H22N2O4. The van der Waals surface area contributed by atoms with Crippen LogP contribution in [0.3, 0.4) is 0 Å². The van der Waals surface area contributed by atoms with E-state index < -0.39 is 6.09 Å². The second-order valence-electron chi connectivity index (χ2n) is 5.18. The fourth-order valence-corrected chi connectivity index (χ4v) is 2.45. The monoisotopic (exact) mass is 306 g/mol. The van der Waals surface area contributed by atoms with Crippen molar-refractivity contribution in [1.29, 1.82) is 0 Å². The zero-order valence-corrected chi connectivity index (χ0v) is 13.0. The topological polar surface area (TPSA) is 71.4 Å². The molecule has 22 heavy (non-hydrogen) atoms. The van der Waals surface area contributed by atoms with Crippen molar-refractivity contribution in [2.75, 3.05) is 13.7 Å². The van der Waals surface area contributed by atoms with Crippen LogP contribution in [0, 0.1) is 0 Å². The van der Waals surface area contributed by atoms with Gasteiger partial charge < -0.3 is 14.6 Å². The molecule has 0 spiro atoms. The van der Waals surface area contributed by atoms with E-state index in [0.717, 1.165) is 23.4 Å². The molecule has 1 aliphatic rings. The molecule has 1 N–H and O–H groups in total. The minimum atomic E-state index is -1.07. The Labute approximate surface area is 130 Å². The van der Waals surface area contributed by atoms with Crippen molar-refractivity contribution in [3.63, 3.8) is 0 Å². The molecule has 0 bridgehead atoms. The number of methoxy groups -OCH3 is 1. The molecule has 6 nitrogen and oxygen atoms in total. The minimum absolute atomic E-state index is 0.229. The Morgan fingerprint density at radius 2 is 2.14 bits per heavy atom. The van der Waals surface area contributed by atoms with Gasteiger partial charge in [0.05, 0.1) is 19.4 Å². The lowest BCUT2D eigenvalue weighted by atomic mass is 10.2. The summed E-state index contributed by atoms with van der Waals surface area (Å²) in [7, 11) is 1.61. The number of benzene rings is 1. The lowest BCUT2D eigenvalue weighted by Crippen LogP contribution is -2.23. The number of rotatable bonds is 6. The van der Waals surface area contributed by atoms with Gasteiger partial charge in [0.25, 0.3) is 0 Å². The first-order valence-electron chi connectivity index (χ1n) is 7.53. The zero-order valence-electron chi connectivity index (χ0n) is 13.0. The molecule has 0 atom stereocenters. The van der Waals surface area contributed by atoms with Crippen molar-refractivity contribution in [3.8, 4) is 11.5 Å². The summed E-state index contributed by atoms with van der Waals surface area (Å²) < 4.78 is 11.3. The van der Waals surface area contributed by atoms with Crippen LogP contribution in [-0.4, -0.2) is 42.2 Å². The van der Waals surface area contributed by atoms with Crippen LogP contribution in [-0.2, 0) is 0 Å². The number of amides is 1. The maximum Gasteiger partial charge on any atom is 0.427 e. The molecule has 1 aliphatic carbocycles. The second kappa shape index (κ2) is 7.68. The third-order valence-corrected chi connectivity index (χ3v) is 3.65. The zero-order chi connectivity index (χ0) is 15.9. The Balaban J connectivity index is 2.15. The first-order chi connectivity index (χ1) is 10.6. The van der Waals surface area contributed by atoms with Gasteiger partial charge in [-0.3, -0.25) is 0 Å². The Morgan fingerprint density at radius 1 is 1.41 bits per heavy atom. The van der Waals surface area contributed by atoms with Crippen LogP contribution in [0.2, 0.25) is 0 Å². The molecule has 1 aromatic rings. The lowest BCUT2D eigenvalue weighted by Gasteiger charge is -2.16. The summed E-state index contributed by atoms with van der Waals surface area (Å²) in [6.07, 6.45) is 5.17. The molecule has 0 radical (unpaired) electrons. The first-order valence-corrected chi connectivity index (χ1v) is 7.53. The highest BCUT2D eigenvalue weighted by Gasteiger charge is 2.18. The van der Waals surface area contributed by atoms with Crippen LogP contribution in [0.1, 0.15) is 38.2 Å². The van der Waals surface area contributed by atoms with Crippen molar-refractivity contribution in [2.45, 2.75) is 38.7 Å². The summed E-state index contributed by atoms with van der Waals surface area (Å²) in [6, 6.07) is 5.46. The average Bonchev–Trinajstić information content (AvgIpc) is 3.01. The largest absolute Gasteiger partial charge is 0.493 e. The van der Waals surface area contributed by atoms with Crippen LogP contribution in [0.4, 0.5) is 4.79 Å². The van der Waals surface area contributed by atoms with Crippen molar-refractivity contribution in [3.05, 3.63) is 23.8 Å². The highest BCUT2D eigenvalue weighted by molar-refractivity contribution is 5.81. The maximum atomic E-state index is 10.9. The lowest BCUT2D eigenvalue weighted by molar-refractivity contribution is 0.150. The summed E-state index contributed by atoms with van der Waals surface area (Å²) >= 11 is 0. The van der Waals surface area contributed by atoms with Crippen LogP contribution < -0.4 is 9.47 Å². The van der Waals surface area contributed by atoms with E-state index in [-0.39, 0.29) is 6.10 Å². The van der Waals surface area contributed by atoms with Crippen molar-refractivity contribution in [2.24, 2.45) is 5.10 Å². The van der Waals surface area contributed by atoms with E-state index in [4.69, 9.17) is 14.6 Å². The molecule has 1 aromatic carbocycles. The predicted molar refractivity (Wildman–Crippen MR) is 83.9 cm³/mol. The van der Waals surface area contributed by atoms with E-state index in [1.807, 2.05) is 18.2 Å². The number of hydrazone groups is 1. The molecule has 1 saturated carbocycles. The van der Waals surface area contributed by atoms with Gasteiger partial charge in [0.2, 0.25) is 0 Å². The predicted octanol–water partition coefficient (Wildman–Crippen LogP) is 3.35. The van der Waals surface area contributed by atoms with E-state index in [1.165, 1.54) is 19.1 Å². The number of hydrogen-bond donors (Lipinski definition) is 1. The smallest absolute Gasteiger partial charge is 0.427 e. The molecule has 0 saturated heterocycles. The van der Waals surface area contributed by atoms with Gasteiger partial charge >= 0.3 is 6.09 Å². The molecule has 0 aliphatic heterocycles. The Kier molecular flexibility index (Phi) is 5.63. The standard InChI is InChI=1S/C16H22N2O4/c1-3-18(16(19)20)17-11-12-8-9-14(21-2)15(10-12)22-13-6-4-5-7-13/h8-11,13H,3-7H2,1-2H3,(H,19,20)/b17-11+. The number of nitrogens with zero attached hydrogens (tertiary/aromatic N) is 2. The minimum Gasteiger partial charge on any atom is -0.493 e. The molecular weight excluding hydrogens is 284 g/mol. The fourth-order valence-electron chi connectivity index (χ4n) is 2.45. The normalized spacial score (nSPS) is 15.2. The van der Waals surface area contributed by atoms with Gasteiger partial charge in [0.1, 0.15) is 0 Å². The third-order valence-electron chi connectivity index (χ3n) is 3.65. The quantitative estimate of drug-likeness (QED) is 0.646. The fraction of sp³-hybridized carbons (Fsp3) is 0.500. The number of carboxylic acid groups (broad SMARTS) is 1. The maximum absolute atomic E-state index is 10.9. The van der Waals surface area contributed by atoms with Crippen LogP contribution >= 0.6 is 0 Å². The van der Waals surface area contributed by atoms with Gasteiger partial charge in [0, 0.05) is 6.54 Å². The molecule has 0 aromatic heterocycles. The van der Waals surface area contributed by atoms with Gasteiger partial charge in [0.15, 0.2) is 11.5 Å². The Bertz CT molecular complexity index is 539. The third kappa shape index (κ3) is 4.13. The van der Waals surface area contributed by atoms with Gasteiger partial charge in [-0.2, -0.15) is 10.1 Å². The van der Waals surface area contributed by atoms with Crippen molar-refractivity contribution >= 4 is 12.3 Å². The van der Waals surface area contributed by atoms with E-state index in [2.05, 4.69) is 5.10 Å². The van der Waals surface area contributed by atoms with E-state index >= 15 is 0 Å². The van der Waals surface area contributed by atoms with Crippen LogP contribution in [0.5, 0.6) is 11.5 Å². The van der Waals surface area contributed by atoms with Gasteiger partial charge in [-0.1, -0.05) is 0 Å². The van der Waals surface area contributed by atoms with Crippen LogP contribution in [0.15, 0.2) is 23.3 Å². The average molecular weight is 306 g/mol. The molecule has 2 rings (SSSR count). The second-order valence-corrected chi connectivity index (χ2v) is 5.18. The van der Waals surface area contributed by atoms with Gasteiger partial charge in [-0.05, 0) is 56.4 Å². The highest BCUT2D eigenvalue weighted by atomic mass is 16.5. The first kappa shape index (κ1) is 16.1. The summed E-state index contributed by atoms with van der Waals surface area (Å²) in [5.41, 5.74) is 0.772. The van der Waals surface area contributed by atoms with Gasteiger partial charge in [-0.15, -0.1) is 0 Å². The van der Waals surface area contributed by atoms with Gasteiger partial charge in [-0.25, -0.2) is 4.79 Å². The van der Waals surface area contributed by atoms with E-state index in [1.54, 1.807) is 14.0 Å².